The van der Waals surface area contributed by atoms with Gasteiger partial charge in [0.15, 0.2) is 6.61 Å². The molecule has 3 N–H and O–H groups in total. The quantitative estimate of drug-likeness (QED) is 0.693. The summed E-state index contributed by atoms with van der Waals surface area (Å²) in [6, 6.07) is 14.8. The van der Waals surface area contributed by atoms with Crippen LogP contribution >= 0.6 is 11.6 Å². The van der Waals surface area contributed by atoms with Gasteiger partial charge in [-0.3, -0.25) is 9.59 Å². The summed E-state index contributed by atoms with van der Waals surface area (Å²) in [5, 5.41) is 3.39. The number of ether oxygens (including phenoxy) is 1. The maximum Gasteiger partial charge on any atom is 0.262 e. The van der Waals surface area contributed by atoms with Crippen LogP contribution in [0.4, 0.5) is 5.69 Å². The summed E-state index contributed by atoms with van der Waals surface area (Å²) in [4.78, 5) is 25.7. The minimum atomic E-state index is -0.227. The first-order valence-corrected chi connectivity index (χ1v) is 10.2. The molecule has 0 aliphatic carbocycles. The number of anilines is 1. The highest BCUT2D eigenvalue weighted by Crippen LogP contribution is 2.18. The van der Waals surface area contributed by atoms with Crippen LogP contribution in [0, 0.1) is 5.92 Å². The van der Waals surface area contributed by atoms with E-state index in [-0.39, 0.29) is 24.3 Å². The van der Waals surface area contributed by atoms with Gasteiger partial charge in [0.25, 0.3) is 5.91 Å². The number of likely N-dealkylation sites (tertiary alicyclic amines) is 1. The van der Waals surface area contributed by atoms with E-state index in [0.29, 0.717) is 10.8 Å². The standard InChI is InChI=1S/C22H26ClN3O3/c23-18-2-1-3-20(14-18)29-15-21(27)25-19-6-4-16(5-7-19)8-11-26-12-9-17(10-13-26)22(24)28/h1-7,14,17H,8-13,15H2,(H2,24,28)(H,25,27). The van der Waals surface area contributed by atoms with Gasteiger partial charge in [0, 0.05) is 23.2 Å². The maximum atomic E-state index is 12.1. The topological polar surface area (TPSA) is 84.7 Å². The molecule has 0 spiro atoms. The molecular formula is C22H26ClN3O3. The summed E-state index contributed by atoms with van der Waals surface area (Å²) in [5.74, 6) is 0.176. The van der Waals surface area contributed by atoms with Crippen LogP contribution < -0.4 is 15.8 Å². The number of nitrogens with zero attached hydrogens (tertiary/aromatic N) is 1. The fourth-order valence-corrected chi connectivity index (χ4v) is 3.57. The van der Waals surface area contributed by atoms with Crippen molar-refractivity contribution in [3.8, 4) is 5.75 Å². The predicted molar refractivity (Wildman–Crippen MR) is 114 cm³/mol. The molecule has 0 unspecified atom stereocenters. The van der Waals surface area contributed by atoms with Gasteiger partial charge in [-0.05, 0) is 68.2 Å². The molecule has 3 rings (SSSR count). The number of amides is 2. The zero-order valence-electron chi connectivity index (χ0n) is 16.3. The molecule has 1 fully saturated rings. The Morgan fingerprint density at radius 3 is 2.52 bits per heavy atom. The summed E-state index contributed by atoms with van der Waals surface area (Å²) in [6.45, 7) is 2.69. The van der Waals surface area contributed by atoms with E-state index in [2.05, 4.69) is 10.2 Å². The van der Waals surface area contributed by atoms with Crippen molar-refractivity contribution in [3.05, 3.63) is 59.1 Å². The molecule has 2 aromatic rings. The molecule has 0 aromatic heterocycles. The van der Waals surface area contributed by atoms with Gasteiger partial charge >= 0.3 is 0 Å². The first-order valence-electron chi connectivity index (χ1n) is 9.78. The highest BCUT2D eigenvalue weighted by Gasteiger charge is 2.22. The normalized spacial score (nSPS) is 15.1. The Morgan fingerprint density at radius 2 is 1.86 bits per heavy atom. The Hall–Kier alpha value is -2.57. The lowest BCUT2D eigenvalue weighted by Gasteiger charge is -2.30. The van der Waals surface area contributed by atoms with Crippen LogP contribution in [-0.4, -0.2) is 43.0 Å². The number of hydrogen-bond donors (Lipinski definition) is 2. The SMILES string of the molecule is NC(=O)C1CCN(CCc2ccc(NC(=O)COc3cccc(Cl)c3)cc2)CC1. The average molecular weight is 416 g/mol. The second kappa shape index (κ2) is 10.3. The van der Waals surface area contributed by atoms with Crippen molar-refractivity contribution in [3.63, 3.8) is 0 Å². The minimum Gasteiger partial charge on any atom is -0.484 e. The molecule has 1 aliphatic heterocycles. The second-order valence-electron chi connectivity index (χ2n) is 7.26. The zero-order chi connectivity index (χ0) is 20.6. The number of carbonyl (C=O) groups is 2. The maximum absolute atomic E-state index is 12.1. The van der Waals surface area contributed by atoms with Crippen molar-refractivity contribution in [2.75, 3.05) is 31.6 Å². The van der Waals surface area contributed by atoms with Gasteiger partial charge in [0.05, 0.1) is 0 Å². The van der Waals surface area contributed by atoms with Crippen LogP contribution in [0.1, 0.15) is 18.4 Å². The number of primary amides is 1. The van der Waals surface area contributed by atoms with E-state index in [0.717, 1.165) is 44.6 Å². The monoisotopic (exact) mass is 415 g/mol. The van der Waals surface area contributed by atoms with Crippen LogP contribution in [-0.2, 0) is 16.0 Å². The van der Waals surface area contributed by atoms with Gasteiger partial charge in [-0.25, -0.2) is 0 Å². The van der Waals surface area contributed by atoms with Crippen LogP contribution in [0.15, 0.2) is 48.5 Å². The molecule has 154 valence electrons. The highest BCUT2D eigenvalue weighted by molar-refractivity contribution is 6.30. The minimum absolute atomic E-state index is 0.0250. The van der Waals surface area contributed by atoms with E-state index in [4.69, 9.17) is 22.1 Å². The fourth-order valence-electron chi connectivity index (χ4n) is 3.39. The summed E-state index contributed by atoms with van der Waals surface area (Å²) < 4.78 is 5.44. The third kappa shape index (κ3) is 6.76. The molecule has 0 radical (unpaired) electrons. The molecule has 1 saturated heterocycles. The molecule has 29 heavy (non-hydrogen) atoms. The van der Waals surface area contributed by atoms with Crippen molar-refractivity contribution in [1.29, 1.82) is 0 Å². The van der Waals surface area contributed by atoms with Gasteiger partial charge < -0.3 is 20.7 Å². The molecule has 2 aromatic carbocycles. The molecule has 6 nitrogen and oxygen atoms in total. The van der Waals surface area contributed by atoms with E-state index in [1.54, 1.807) is 24.3 Å². The van der Waals surface area contributed by atoms with Gasteiger partial charge in [0.2, 0.25) is 5.91 Å². The van der Waals surface area contributed by atoms with Crippen molar-refractivity contribution in [2.24, 2.45) is 11.7 Å². The molecule has 2 amide bonds. The Labute approximate surface area is 176 Å². The number of carbonyl (C=O) groups excluding carboxylic acids is 2. The number of piperidine rings is 1. The van der Waals surface area contributed by atoms with E-state index in [9.17, 15) is 9.59 Å². The Bertz CT molecular complexity index is 833. The van der Waals surface area contributed by atoms with Gasteiger partial charge in [-0.15, -0.1) is 0 Å². The highest BCUT2D eigenvalue weighted by atomic mass is 35.5. The number of rotatable bonds is 8. The summed E-state index contributed by atoms with van der Waals surface area (Å²) in [5.41, 5.74) is 7.32. The third-order valence-electron chi connectivity index (χ3n) is 5.11. The van der Waals surface area contributed by atoms with Crippen molar-refractivity contribution < 1.29 is 14.3 Å². The molecule has 1 aliphatic rings. The smallest absolute Gasteiger partial charge is 0.262 e. The molecule has 1 heterocycles. The summed E-state index contributed by atoms with van der Waals surface area (Å²) in [6.07, 6.45) is 2.61. The molecular weight excluding hydrogens is 390 g/mol. The van der Waals surface area contributed by atoms with Crippen molar-refractivity contribution >= 4 is 29.1 Å². The Kier molecular flexibility index (Phi) is 7.49. The predicted octanol–water partition coefficient (Wildman–Crippen LogP) is 3.10. The van der Waals surface area contributed by atoms with Crippen LogP contribution in [0.25, 0.3) is 0 Å². The number of hydrogen-bond acceptors (Lipinski definition) is 4. The van der Waals surface area contributed by atoms with E-state index < -0.39 is 0 Å². The van der Waals surface area contributed by atoms with Crippen molar-refractivity contribution in [2.45, 2.75) is 19.3 Å². The van der Waals surface area contributed by atoms with Crippen LogP contribution in [0.2, 0.25) is 5.02 Å². The molecule has 0 bridgehead atoms. The Balaban J connectivity index is 1.39. The van der Waals surface area contributed by atoms with E-state index in [1.807, 2.05) is 24.3 Å². The lowest BCUT2D eigenvalue weighted by molar-refractivity contribution is -0.123. The average Bonchev–Trinajstić information content (AvgIpc) is 2.72. The zero-order valence-corrected chi connectivity index (χ0v) is 17.0. The summed E-state index contributed by atoms with van der Waals surface area (Å²) >= 11 is 5.90. The van der Waals surface area contributed by atoms with Gasteiger partial charge in [0.1, 0.15) is 5.75 Å². The first-order chi connectivity index (χ1) is 14.0. The van der Waals surface area contributed by atoms with Gasteiger partial charge in [-0.2, -0.15) is 0 Å². The number of benzene rings is 2. The largest absolute Gasteiger partial charge is 0.484 e. The molecule has 7 heteroatoms. The number of nitrogens with two attached hydrogens (primary N) is 1. The number of nitrogens with one attached hydrogen (secondary N) is 1. The fraction of sp³-hybridized carbons (Fsp3) is 0.364. The molecule has 0 atom stereocenters. The van der Waals surface area contributed by atoms with Crippen LogP contribution in [0.3, 0.4) is 0 Å². The number of halogens is 1. The second-order valence-corrected chi connectivity index (χ2v) is 7.70. The van der Waals surface area contributed by atoms with Crippen LogP contribution in [0.5, 0.6) is 5.75 Å². The lowest BCUT2D eigenvalue weighted by atomic mass is 9.96. The summed E-state index contributed by atoms with van der Waals surface area (Å²) in [7, 11) is 0. The van der Waals surface area contributed by atoms with E-state index >= 15 is 0 Å². The van der Waals surface area contributed by atoms with Gasteiger partial charge in [-0.1, -0.05) is 29.8 Å². The van der Waals surface area contributed by atoms with E-state index in [1.165, 1.54) is 5.56 Å². The Morgan fingerprint density at radius 1 is 1.14 bits per heavy atom. The molecule has 0 saturated carbocycles. The first kappa shape index (κ1) is 21.1. The van der Waals surface area contributed by atoms with Crippen molar-refractivity contribution in [1.82, 2.24) is 4.90 Å². The third-order valence-corrected chi connectivity index (χ3v) is 5.35. The lowest BCUT2D eigenvalue weighted by Crippen LogP contribution is -2.39.